The molecule has 150 valence electrons. The molecule has 1 aromatic rings. The lowest BCUT2D eigenvalue weighted by Crippen LogP contribution is -2.51. The summed E-state index contributed by atoms with van der Waals surface area (Å²) < 4.78 is 0. The Morgan fingerprint density at radius 3 is 2.39 bits per heavy atom. The predicted molar refractivity (Wildman–Crippen MR) is 107 cm³/mol. The van der Waals surface area contributed by atoms with Crippen molar-refractivity contribution in [3.05, 3.63) is 24.3 Å². The van der Waals surface area contributed by atoms with Gasteiger partial charge in [0.2, 0.25) is 17.7 Å². The molecule has 1 saturated carbocycles. The molecule has 0 aromatic heterocycles. The van der Waals surface area contributed by atoms with Gasteiger partial charge in [0.15, 0.2) is 0 Å². The zero-order valence-electron chi connectivity index (χ0n) is 16.2. The number of para-hydroxylation sites is 2. The molecule has 1 saturated heterocycles. The van der Waals surface area contributed by atoms with Gasteiger partial charge in [0, 0.05) is 45.1 Å². The quantitative estimate of drug-likeness (QED) is 0.860. The van der Waals surface area contributed by atoms with E-state index in [2.05, 4.69) is 10.2 Å². The van der Waals surface area contributed by atoms with Gasteiger partial charge in [0.1, 0.15) is 6.54 Å². The number of amides is 3. The summed E-state index contributed by atoms with van der Waals surface area (Å²) in [5.41, 5.74) is 1.34. The topological polar surface area (TPSA) is 73.0 Å². The first-order valence-corrected chi connectivity index (χ1v) is 10.3. The lowest BCUT2D eigenvalue weighted by Gasteiger charge is -2.38. The number of hydrogen-bond acceptors (Lipinski definition) is 4. The number of piperazine rings is 1. The van der Waals surface area contributed by atoms with Gasteiger partial charge in [-0.2, -0.15) is 0 Å². The number of carbonyl (C=O) groups excluding carboxylic acids is 3. The lowest BCUT2D eigenvalue weighted by atomic mass is 10.1. The summed E-state index contributed by atoms with van der Waals surface area (Å²) in [6.45, 7) is 3.37. The molecule has 3 aliphatic rings. The molecule has 3 amide bonds. The van der Waals surface area contributed by atoms with Crippen LogP contribution in [0.4, 0.5) is 11.4 Å². The molecule has 7 nitrogen and oxygen atoms in total. The average molecular weight is 384 g/mol. The minimum Gasteiger partial charge on any atom is -0.340 e. The van der Waals surface area contributed by atoms with Gasteiger partial charge >= 0.3 is 0 Å². The van der Waals surface area contributed by atoms with E-state index in [0.29, 0.717) is 17.4 Å². The molecule has 0 atom stereocenters. The highest BCUT2D eigenvalue weighted by atomic mass is 16.2. The van der Waals surface area contributed by atoms with Gasteiger partial charge in [0.05, 0.1) is 11.4 Å². The van der Waals surface area contributed by atoms with E-state index in [-0.39, 0.29) is 37.1 Å². The number of nitrogens with one attached hydrogen (secondary N) is 1. The SMILES string of the molecule is O=C1CN(C(=O)CCC(=O)N2CCN(C3CCCC3)CC2)c2ccccc2N1. The van der Waals surface area contributed by atoms with E-state index < -0.39 is 0 Å². The molecular formula is C21H28N4O3. The van der Waals surface area contributed by atoms with Crippen LogP contribution in [-0.4, -0.2) is 66.3 Å². The van der Waals surface area contributed by atoms with Crippen molar-refractivity contribution in [1.82, 2.24) is 9.80 Å². The third-order valence-electron chi connectivity index (χ3n) is 6.13. The highest BCUT2D eigenvalue weighted by Crippen LogP contribution is 2.29. The van der Waals surface area contributed by atoms with Gasteiger partial charge in [-0.05, 0) is 25.0 Å². The molecule has 2 aliphatic heterocycles. The van der Waals surface area contributed by atoms with Crippen molar-refractivity contribution in [3.8, 4) is 0 Å². The normalized spacial score (nSPS) is 20.8. The molecule has 2 heterocycles. The van der Waals surface area contributed by atoms with Crippen molar-refractivity contribution in [3.63, 3.8) is 0 Å². The third-order valence-corrected chi connectivity index (χ3v) is 6.13. The van der Waals surface area contributed by atoms with Gasteiger partial charge in [-0.15, -0.1) is 0 Å². The molecule has 1 aliphatic carbocycles. The fourth-order valence-electron chi connectivity index (χ4n) is 4.57. The van der Waals surface area contributed by atoms with E-state index in [1.807, 2.05) is 23.1 Å². The summed E-state index contributed by atoms with van der Waals surface area (Å²) in [5, 5.41) is 2.78. The fourth-order valence-corrected chi connectivity index (χ4v) is 4.57. The Morgan fingerprint density at radius 2 is 1.64 bits per heavy atom. The Labute approximate surface area is 165 Å². The van der Waals surface area contributed by atoms with Gasteiger partial charge < -0.3 is 15.1 Å². The van der Waals surface area contributed by atoms with Crippen LogP contribution in [0.5, 0.6) is 0 Å². The first-order valence-electron chi connectivity index (χ1n) is 10.3. The zero-order chi connectivity index (χ0) is 19.5. The summed E-state index contributed by atoms with van der Waals surface area (Å²) in [7, 11) is 0. The maximum atomic E-state index is 12.7. The van der Waals surface area contributed by atoms with Crippen LogP contribution in [0.1, 0.15) is 38.5 Å². The summed E-state index contributed by atoms with van der Waals surface area (Å²) in [6.07, 6.45) is 5.54. The van der Waals surface area contributed by atoms with Crippen LogP contribution >= 0.6 is 0 Å². The molecule has 0 unspecified atom stereocenters. The summed E-state index contributed by atoms with van der Waals surface area (Å²) >= 11 is 0. The molecule has 1 aromatic carbocycles. The number of benzene rings is 1. The lowest BCUT2D eigenvalue weighted by molar-refractivity contribution is -0.135. The molecule has 4 rings (SSSR count). The first-order chi connectivity index (χ1) is 13.6. The van der Waals surface area contributed by atoms with E-state index in [1.54, 1.807) is 6.07 Å². The van der Waals surface area contributed by atoms with E-state index in [9.17, 15) is 14.4 Å². The summed E-state index contributed by atoms with van der Waals surface area (Å²) in [6, 6.07) is 7.95. The van der Waals surface area contributed by atoms with Crippen molar-refractivity contribution in [2.24, 2.45) is 0 Å². The fraction of sp³-hybridized carbons (Fsp3) is 0.571. The highest BCUT2D eigenvalue weighted by Gasteiger charge is 2.29. The summed E-state index contributed by atoms with van der Waals surface area (Å²) in [5.74, 6) is -0.351. The van der Waals surface area contributed by atoms with E-state index in [1.165, 1.54) is 30.6 Å². The van der Waals surface area contributed by atoms with Crippen molar-refractivity contribution in [2.45, 2.75) is 44.6 Å². The largest absolute Gasteiger partial charge is 0.340 e. The van der Waals surface area contributed by atoms with Crippen molar-refractivity contribution in [2.75, 3.05) is 42.9 Å². The number of hydrogen-bond donors (Lipinski definition) is 1. The Bertz CT molecular complexity index is 752. The number of rotatable bonds is 4. The Kier molecular flexibility index (Phi) is 5.62. The van der Waals surface area contributed by atoms with Gasteiger partial charge in [-0.1, -0.05) is 25.0 Å². The number of carbonyl (C=O) groups is 3. The second-order valence-corrected chi connectivity index (χ2v) is 7.90. The van der Waals surface area contributed by atoms with Crippen LogP contribution in [0, 0.1) is 0 Å². The third kappa shape index (κ3) is 4.04. The molecular weight excluding hydrogens is 356 g/mol. The monoisotopic (exact) mass is 384 g/mol. The van der Waals surface area contributed by atoms with Crippen LogP contribution in [0.2, 0.25) is 0 Å². The van der Waals surface area contributed by atoms with Crippen LogP contribution in [-0.2, 0) is 14.4 Å². The molecule has 0 bridgehead atoms. The van der Waals surface area contributed by atoms with Crippen LogP contribution in [0.25, 0.3) is 0 Å². The van der Waals surface area contributed by atoms with E-state index >= 15 is 0 Å². The summed E-state index contributed by atoms with van der Waals surface area (Å²) in [4.78, 5) is 43.0. The molecule has 2 fully saturated rings. The highest BCUT2D eigenvalue weighted by molar-refractivity contribution is 6.10. The maximum Gasteiger partial charge on any atom is 0.244 e. The smallest absolute Gasteiger partial charge is 0.244 e. The van der Waals surface area contributed by atoms with Crippen molar-refractivity contribution >= 4 is 29.1 Å². The second-order valence-electron chi connectivity index (χ2n) is 7.90. The van der Waals surface area contributed by atoms with Crippen molar-refractivity contribution < 1.29 is 14.4 Å². The molecule has 7 heteroatoms. The van der Waals surface area contributed by atoms with Crippen molar-refractivity contribution in [1.29, 1.82) is 0 Å². The molecule has 28 heavy (non-hydrogen) atoms. The second kappa shape index (κ2) is 8.31. The van der Waals surface area contributed by atoms with E-state index in [0.717, 1.165) is 26.2 Å². The molecule has 0 radical (unpaired) electrons. The standard InChI is InChI=1S/C21H28N4O3/c26-19-15-25(18-8-4-3-7-17(18)22-19)21(28)10-9-20(27)24-13-11-23(12-14-24)16-5-1-2-6-16/h3-4,7-8,16H,1-2,5-6,9-15H2,(H,22,26). The number of nitrogens with zero attached hydrogens (tertiary/aromatic N) is 3. The minimum atomic E-state index is -0.207. The van der Waals surface area contributed by atoms with Gasteiger partial charge in [-0.25, -0.2) is 0 Å². The van der Waals surface area contributed by atoms with E-state index in [4.69, 9.17) is 0 Å². The average Bonchev–Trinajstić information content (AvgIpc) is 3.26. The van der Waals surface area contributed by atoms with Crippen LogP contribution in [0.15, 0.2) is 24.3 Å². The number of fused-ring (bicyclic) bond motifs is 1. The minimum absolute atomic E-state index is 0.00407. The van der Waals surface area contributed by atoms with Gasteiger partial charge in [0.25, 0.3) is 0 Å². The Balaban J connectivity index is 1.28. The number of anilines is 2. The molecule has 0 spiro atoms. The Morgan fingerprint density at radius 1 is 0.964 bits per heavy atom. The Hall–Kier alpha value is -2.41. The van der Waals surface area contributed by atoms with Gasteiger partial charge in [-0.3, -0.25) is 19.3 Å². The molecule has 1 N–H and O–H groups in total. The van der Waals surface area contributed by atoms with Crippen LogP contribution in [0.3, 0.4) is 0 Å². The van der Waals surface area contributed by atoms with Crippen LogP contribution < -0.4 is 10.2 Å². The predicted octanol–water partition coefficient (Wildman–Crippen LogP) is 1.84. The zero-order valence-corrected chi connectivity index (χ0v) is 16.2. The maximum absolute atomic E-state index is 12.7. The first kappa shape index (κ1) is 18.9.